The van der Waals surface area contributed by atoms with Crippen LogP contribution in [0.5, 0.6) is 0 Å². The summed E-state index contributed by atoms with van der Waals surface area (Å²) < 4.78 is 27.3. The van der Waals surface area contributed by atoms with Crippen LogP contribution in [0.1, 0.15) is 44.2 Å². The molecule has 2 N–H and O–H groups in total. The Morgan fingerprint density at radius 3 is 2.62 bits per heavy atom. The number of benzene rings is 1. The third kappa shape index (κ3) is 5.09. The van der Waals surface area contributed by atoms with Gasteiger partial charge in [-0.2, -0.15) is 0 Å². The van der Waals surface area contributed by atoms with E-state index in [0.29, 0.717) is 5.92 Å². The number of rotatable bonds is 8. The summed E-state index contributed by atoms with van der Waals surface area (Å²) in [5, 5.41) is 3.25. The minimum Gasteiger partial charge on any atom is -0.313 e. The summed E-state index contributed by atoms with van der Waals surface area (Å²) in [4.78, 5) is 0. The molecule has 1 unspecified atom stereocenters. The van der Waals surface area contributed by atoms with Gasteiger partial charge >= 0.3 is 0 Å². The first-order valence-electron chi connectivity index (χ1n) is 7.78. The number of sulfonamides is 1. The molecule has 1 fully saturated rings. The van der Waals surface area contributed by atoms with E-state index in [1.807, 2.05) is 31.2 Å². The first kappa shape index (κ1) is 16.5. The van der Waals surface area contributed by atoms with Crippen molar-refractivity contribution in [2.24, 2.45) is 5.92 Å². The summed E-state index contributed by atoms with van der Waals surface area (Å²) in [6.07, 6.45) is 3.51. The summed E-state index contributed by atoms with van der Waals surface area (Å²) >= 11 is 0. The van der Waals surface area contributed by atoms with E-state index in [1.165, 1.54) is 6.42 Å². The van der Waals surface area contributed by atoms with Crippen LogP contribution >= 0.6 is 0 Å². The summed E-state index contributed by atoms with van der Waals surface area (Å²) in [5.41, 5.74) is 1.97. The second kappa shape index (κ2) is 7.38. The van der Waals surface area contributed by atoms with Crippen molar-refractivity contribution in [3.05, 3.63) is 35.4 Å². The second-order valence-corrected chi connectivity index (χ2v) is 7.71. The molecule has 2 rings (SSSR count). The van der Waals surface area contributed by atoms with Crippen molar-refractivity contribution in [1.29, 1.82) is 0 Å². The summed E-state index contributed by atoms with van der Waals surface area (Å²) in [7, 11) is -3.26. The zero-order valence-electron chi connectivity index (χ0n) is 12.9. The van der Waals surface area contributed by atoms with Crippen LogP contribution in [0.3, 0.4) is 0 Å². The molecule has 1 aliphatic carbocycles. The standard InChI is InChI=1S/C16H26N2O2S/c1-3-17-11-14-6-4-7-15(10-14)12-21(19,20)18-13(2)16-8-5-9-16/h4,6-7,10,13,16-18H,3,5,8-9,11-12H2,1-2H3. The Labute approximate surface area is 128 Å². The molecule has 118 valence electrons. The highest BCUT2D eigenvalue weighted by molar-refractivity contribution is 7.88. The number of hydrogen-bond donors (Lipinski definition) is 2. The fraction of sp³-hybridized carbons (Fsp3) is 0.625. The Bertz CT molecular complexity index is 553. The Morgan fingerprint density at radius 1 is 1.29 bits per heavy atom. The molecule has 1 aromatic rings. The van der Waals surface area contributed by atoms with Gasteiger partial charge in [0.1, 0.15) is 0 Å². The van der Waals surface area contributed by atoms with Gasteiger partial charge in [-0.1, -0.05) is 37.6 Å². The first-order valence-corrected chi connectivity index (χ1v) is 9.44. The van der Waals surface area contributed by atoms with Crippen molar-refractivity contribution < 1.29 is 8.42 Å². The van der Waals surface area contributed by atoms with Crippen molar-refractivity contribution in [3.63, 3.8) is 0 Å². The molecule has 0 bridgehead atoms. The van der Waals surface area contributed by atoms with Crippen LogP contribution in [-0.4, -0.2) is 21.0 Å². The molecule has 0 radical (unpaired) electrons. The molecule has 1 atom stereocenters. The van der Waals surface area contributed by atoms with E-state index < -0.39 is 10.0 Å². The zero-order valence-corrected chi connectivity index (χ0v) is 13.7. The minimum atomic E-state index is -3.26. The minimum absolute atomic E-state index is 0.0497. The zero-order chi connectivity index (χ0) is 15.3. The Morgan fingerprint density at radius 2 is 2.00 bits per heavy atom. The van der Waals surface area contributed by atoms with Gasteiger partial charge < -0.3 is 5.32 Å². The average molecular weight is 310 g/mol. The fourth-order valence-corrected chi connectivity index (χ4v) is 4.14. The molecule has 21 heavy (non-hydrogen) atoms. The van der Waals surface area contributed by atoms with E-state index in [-0.39, 0.29) is 11.8 Å². The lowest BCUT2D eigenvalue weighted by Gasteiger charge is -2.31. The summed E-state index contributed by atoms with van der Waals surface area (Å²) in [6, 6.07) is 7.84. The Balaban J connectivity index is 1.95. The summed E-state index contributed by atoms with van der Waals surface area (Å²) in [5.74, 6) is 0.573. The van der Waals surface area contributed by atoms with Gasteiger partial charge in [-0.25, -0.2) is 13.1 Å². The van der Waals surface area contributed by atoms with Gasteiger partial charge in [0.05, 0.1) is 5.75 Å². The van der Waals surface area contributed by atoms with E-state index >= 15 is 0 Å². The largest absolute Gasteiger partial charge is 0.313 e. The summed E-state index contributed by atoms with van der Waals surface area (Å²) in [6.45, 7) is 5.71. The molecule has 0 aliphatic heterocycles. The van der Waals surface area contributed by atoms with Crippen molar-refractivity contribution in [2.45, 2.75) is 51.4 Å². The van der Waals surface area contributed by atoms with E-state index in [1.54, 1.807) is 0 Å². The first-order chi connectivity index (χ1) is 10.00. The third-order valence-electron chi connectivity index (χ3n) is 4.15. The van der Waals surface area contributed by atoms with Gasteiger partial charge in [-0.15, -0.1) is 0 Å². The maximum absolute atomic E-state index is 12.3. The lowest BCUT2D eigenvalue weighted by atomic mass is 9.81. The van der Waals surface area contributed by atoms with Gasteiger partial charge in [0.2, 0.25) is 10.0 Å². The Hall–Kier alpha value is -0.910. The monoisotopic (exact) mass is 310 g/mol. The third-order valence-corrected chi connectivity index (χ3v) is 5.59. The van der Waals surface area contributed by atoms with E-state index in [9.17, 15) is 8.42 Å². The van der Waals surface area contributed by atoms with E-state index in [0.717, 1.165) is 37.1 Å². The highest BCUT2D eigenvalue weighted by atomic mass is 32.2. The molecule has 1 aliphatic rings. The smallest absolute Gasteiger partial charge is 0.216 e. The molecular formula is C16H26N2O2S. The van der Waals surface area contributed by atoms with Crippen LogP contribution < -0.4 is 10.0 Å². The Kier molecular flexibility index (Phi) is 5.79. The van der Waals surface area contributed by atoms with Crippen LogP contribution in [0, 0.1) is 5.92 Å². The quantitative estimate of drug-likeness (QED) is 0.775. The topological polar surface area (TPSA) is 58.2 Å². The maximum atomic E-state index is 12.3. The highest BCUT2D eigenvalue weighted by Crippen LogP contribution is 2.29. The van der Waals surface area contributed by atoms with Gasteiger partial charge in [-0.05, 0) is 43.4 Å². The highest BCUT2D eigenvalue weighted by Gasteiger charge is 2.27. The van der Waals surface area contributed by atoms with Crippen molar-refractivity contribution in [2.75, 3.05) is 6.54 Å². The SMILES string of the molecule is CCNCc1cccc(CS(=O)(=O)NC(C)C2CCC2)c1. The van der Waals surface area contributed by atoms with E-state index in [4.69, 9.17) is 0 Å². The molecule has 4 nitrogen and oxygen atoms in total. The molecule has 0 aromatic heterocycles. The van der Waals surface area contributed by atoms with Crippen molar-refractivity contribution in [3.8, 4) is 0 Å². The van der Waals surface area contributed by atoms with Crippen LogP contribution in [0.25, 0.3) is 0 Å². The fourth-order valence-electron chi connectivity index (χ4n) is 2.68. The van der Waals surface area contributed by atoms with Crippen LogP contribution in [0.2, 0.25) is 0 Å². The van der Waals surface area contributed by atoms with E-state index in [2.05, 4.69) is 17.0 Å². The molecular weight excluding hydrogens is 284 g/mol. The predicted octanol–water partition coefficient (Wildman–Crippen LogP) is 2.40. The molecule has 0 amide bonds. The van der Waals surface area contributed by atoms with Crippen LogP contribution in [0.4, 0.5) is 0 Å². The second-order valence-electron chi connectivity index (χ2n) is 5.96. The molecule has 0 saturated heterocycles. The molecule has 0 heterocycles. The predicted molar refractivity (Wildman–Crippen MR) is 86.4 cm³/mol. The van der Waals surface area contributed by atoms with Gasteiger partial charge in [0, 0.05) is 12.6 Å². The molecule has 5 heteroatoms. The van der Waals surface area contributed by atoms with Crippen LogP contribution in [0.15, 0.2) is 24.3 Å². The van der Waals surface area contributed by atoms with Gasteiger partial charge in [0.25, 0.3) is 0 Å². The lowest BCUT2D eigenvalue weighted by Crippen LogP contribution is -2.41. The number of nitrogens with one attached hydrogen (secondary N) is 2. The van der Waals surface area contributed by atoms with Crippen molar-refractivity contribution >= 4 is 10.0 Å². The average Bonchev–Trinajstić information content (AvgIpc) is 2.33. The molecule has 0 spiro atoms. The maximum Gasteiger partial charge on any atom is 0.216 e. The lowest BCUT2D eigenvalue weighted by molar-refractivity contribution is 0.260. The van der Waals surface area contributed by atoms with Crippen LogP contribution in [-0.2, 0) is 22.3 Å². The number of hydrogen-bond acceptors (Lipinski definition) is 3. The van der Waals surface area contributed by atoms with Gasteiger partial charge in [-0.3, -0.25) is 0 Å². The normalized spacial score (nSPS) is 17.4. The molecule has 1 aromatic carbocycles. The van der Waals surface area contributed by atoms with Gasteiger partial charge in [0.15, 0.2) is 0 Å². The molecule has 1 saturated carbocycles. The van der Waals surface area contributed by atoms with Crippen molar-refractivity contribution in [1.82, 2.24) is 10.0 Å².